The molecule has 2 rings (SSSR count). The van der Waals surface area contributed by atoms with Gasteiger partial charge in [-0.1, -0.05) is 12.1 Å². The molecule has 0 aliphatic carbocycles. The molecule has 4 heteroatoms. The van der Waals surface area contributed by atoms with Gasteiger partial charge in [-0.25, -0.2) is 4.98 Å². The highest BCUT2D eigenvalue weighted by Gasteiger charge is 2.10. The van der Waals surface area contributed by atoms with E-state index in [9.17, 15) is 0 Å². The van der Waals surface area contributed by atoms with E-state index < -0.39 is 0 Å². The van der Waals surface area contributed by atoms with Crippen LogP contribution in [0.2, 0.25) is 0 Å². The first kappa shape index (κ1) is 20.9. The lowest BCUT2D eigenvalue weighted by atomic mass is 9.98. The molecule has 2 aromatic rings. The number of aryl methyl sites for hydroxylation is 1. The molecule has 0 fully saturated rings. The molecule has 28 heavy (non-hydrogen) atoms. The molecule has 0 bridgehead atoms. The van der Waals surface area contributed by atoms with Crippen LogP contribution in [0.5, 0.6) is 5.88 Å². The number of terminal acetylenes is 1. The maximum atomic E-state index is 6.10. The average molecular weight is 402 g/mol. The van der Waals surface area contributed by atoms with Gasteiger partial charge in [0.1, 0.15) is 6.11 Å². The normalized spacial score (nSPS) is 8.36. The number of nitrogens with zero attached hydrogens (tertiary/aromatic N) is 1. The van der Waals surface area contributed by atoms with Crippen molar-refractivity contribution in [2.75, 3.05) is 0 Å². The topological polar surface area (TPSA) is 22.1 Å². The fourth-order valence-corrected chi connectivity index (χ4v) is 2.73. The van der Waals surface area contributed by atoms with Crippen LogP contribution < -0.4 is 4.74 Å². The van der Waals surface area contributed by atoms with Crippen molar-refractivity contribution in [1.29, 1.82) is 0 Å². The van der Waals surface area contributed by atoms with Gasteiger partial charge in [-0.2, -0.15) is 0 Å². The minimum Gasteiger partial charge on any atom is -0.387 e. The van der Waals surface area contributed by atoms with Crippen LogP contribution in [0.1, 0.15) is 16.7 Å². The molecule has 0 radical (unpaired) electrons. The molecule has 0 spiro atoms. The lowest BCUT2D eigenvalue weighted by molar-refractivity contribution is 0.499. The highest BCUT2D eigenvalue weighted by atomic mass is 35.5. The lowest BCUT2D eigenvalue weighted by Crippen LogP contribution is -1.96. The van der Waals surface area contributed by atoms with Gasteiger partial charge in [0, 0.05) is 47.1 Å². The third-order valence-electron chi connectivity index (χ3n) is 3.50. The molecule has 134 valence electrons. The van der Waals surface area contributed by atoms with E-state index in [1.807, 2.05) is 31.2 Å². The Bertz CT molecular complexity index is 1160. The van der Waals surface area contributed by atoms with Gasteiger partial charge in [0.15, 0.2) is 0 Å². The lowest BCUT2D eigenvalue weighted by Gasteiger charge is -2.12. The predicted octanol–water partition coefficient (Wildman–Crippen LogP) is 4.52. The predicted molar refractivity (Wildman–Crippen MR) is 114 cm³/mol. The number of pyridine rings is 1. The van der Waals surface area contributed by atoms with Gasteiger partial charge in [-0.05, 0) is 59.4 Å². The number of rotatable bonds is 4. The molecule has 0 atom stereocenters. The molecule has 0 amide bonds. The van der Waals surface area contributed by atoms with E-state index in [0.29, 0.717) is 17.6 Å². The molecule has 2 nitrogen and oxygen atoms in total. The van der Waals surface area contributed by atoms with E-state index in [0.717, 1.165) is 27.9 Å². The SMILES string of the molecule is C#CC#CC#CC#CC#COc1cccc(-c2cc(CCl)c(C)cc2CCl)n1. The average Bonchev–Trinajstić information content (AvgIpc) is 2.72. The summed E-state index contributed by atoms with van der Waals surface area (Å²) in [7, 11) is 0. The fourth-order valence-electron chi connectivity index (χ4n) is 2.22. The molecule has 0 saturated heterocycles. The van der Waals surface area contributed by atoms with Gasteiger partial charge in [0.2, 0.25) is 5.88 Å². The van der Waals surface area contributed by atoms with Crippen molar-refractivity contribution in [3.63, 3.8) is 0 Å². The van der Waals surface area contributed by atoms with Crippen LogP contribution >= 0.6 is 23.2 Å². The Balaban J connectivity index is 2.20. The standard InChI is InChI=1S/C24H13Cl2NO/c1-3-4-5-6-7-8-9-10-14-28-24-13-11-12-23(27-24)22-16-20(17-25)19(2)15-21(22)18-26/h1,11-13,15-16H,17-18H2,2H3. The number of halogens is 2. The summed E-state index contributed by atoms with van der Waals surface area (Å²) in [6.07, 6.45) is 7.44. The second-order valence-electron chi connectivity index (χ2n) is 5.29. The Kier molecular flexibility index (Phi) is 8.42. The zero-order chi connectivity index (χ0) is 20.2. The molecule has 0 saturated carbocycles. The number of aromatic nitrogens is 1. The number of alkyl halides is 2. The molecule has 0 unspecified atom stereocenters. The molecule has 0 aliphatic rings. The zero-order valence-electron chi connectivity index (χ0n) is 15.0. The maximum absolute atomic E-state index is 6.10. The summed E-state index contributed by atoms with van der Waals surface area (Å²) in [5.41, 5.74) is 4.74. The molecular formula is C24H13Cl2NO. The van der Waals surface area contributed by atoms with Crippen molar-refractivity contribution >= 4 is 23.2 Å². The van der Waals surface area contributed by atoms with E-state index in [-0.39, 0.29) is 0 Å². The Morgan fingerprint density at radius 3 is 2.29 bits per heavy atom. The number of hydrogen-bond acceptors (Lipinski definition) is 2. The van der Waals surface area contributed by atoms with E-state index in [4.69, 9.17) is 34.4 Å². The summed E-state index contributed by atoms with van der Waals surface area (Å²) in [6.45, 7) is 2.01. The van der Waals surface area contributed by atoms with Crippen molar-refractivity contribution in [3.8, 4) is 77.0 Å². The molecule has 1 aromatic carbocycles. The second kappa shape index (κ2) is 11.3. The minimum absolute atomic E-state index is 0.353. The summed E-state index contributed by atoms with van der Waals surface area (Å²) in [6, 6.07) is 9.45. The maximum Gasteiger partial charge on any atom is 0.231 e. The smallest absolute Gasteiger partial charge is 0.231 e. The molecule has 1 aromatic heterocycles. The third-order valence-corrected chi connectivity index (χ3v) is 4.08. The minimum atomic E-state index is 0.353. The Hall–Kier alpha value is -3.45. The van der Waals surface area contributed by atoms with Crippen LogP contribution in [0.15, 0.2) is 30.3 Å². The van der Waals surface area contributed by atoms with Crippen molar-refractivity contribution in [3.05, 3.63) is 47.0 Å². The van der Waals surface area contributed by atoms with Gasteiger partial charge in [0.25, 0.3) is 0 Å². The van der Waals surface area contributed by atoms with Gasteiger partial charge in [-0.15, -0.1) is 29.6 Å². The summed E-state index contributed by atoms with van der Waals surface area (Å²) >= 11 is 12.1. The van der Waals surface area contributed by atoms with Crippen molar-refractivity contribution < 1.29 is 4.74 Å². The fraction of sp³-hybridized carbons (Fsp3) is 0.125. The van der Waals surface area contributed by atoms with Crippen LogP contribution in [-0.2, 0) is 11.8 Å². The third kappa shape index (κ3) is 6.07. The molecular weight excluding hydrogens is 389 g/mol. The summed E-state index contributed by atoms with van der Waals surface area (Å²) in [5, 5.41) is 0. The van der Waals surface area contributed by atoms with Crippen LogP contribution in [0.3, 0.4) is 0 Å². The van der Waals surface area contributed by atoms with Gasteiger partial charge in [-0.3, -0.25) is 0 Å². The highest BCUT2D eigenvalue weighted by molar-refractivity contribution is 6.18. The summed E-state index contributed by atoms with van der Waals surface area (Å²) in [4.78, 5) is 4.48. The number of hydrogen-bond donors (Lipinski definition) is 0. The number of ether oxygens (including phenoxy) is 1. The van der Waals surface area contributed by atoms with Crippen LogP contribution in [0.25, 0.3) is 11.3 Å². The van der Waals surface area contributed by atoms with Crippen LogP contribution in [0.4, 0.5) is 0 Å². The quantitative estimate of drug-likeness (QED) is 0.554. The van der Waals surface area contributed by atoms with E-state index in [1.165, 1.54) is 0 Å². The van der Waals surface area contributed by atoms with Crippen molar-refractivity contribution in [2.45, 2.75) is 18.7 Å². The Labute approximate surface area is 175 Å². The summed E-state index contributed by atoms with van der Waals surface area (Å²) in [5.74, 6) is 20.6. The Morgan fingerprint density at radius 1 is 0.929 bits per heavy atom. The van der Waals surface area contributed by atoms with Gasteiger partial charge in [0.05, 0.1) is 5.69 Å². The van der Waals surface area contributed by atoms with E-state index >= 15 is 0 Å². The van der Waals surface area contributed by atoms with E-state index in [1.54, 1.807) is 6.07 Å². The first-order valence-corrected chi connectivity index (χ1v) is 9.10. The molecule has 0 N–H and O–H groups in total. The summed E-state index contributed by atoms with van der Waals surface area (Å²) < 4.78 is 5.33. The largest absolute Gasteiger partial charge is 0.387 e. The van der Waals surface area contributed by atoms with Gasteiger partial charge < -0.3 is 4.74 Å². The second-order valence-corrected chi connectivity index (χ2v) is 5.82. The van der Waals surface area contributed by atoms with E-state index in [2.05, 4.69) is 58.5 Å². The first-order chi connectivity index (χ1) is 13.7. The van der Waals surface area contributed by atoms with Crippen LogP contribution in [-0.4, -0.2) is 4.98 Å². The van der Waals surface area contributed by atoms with Crippen molar-refractivity contribution in [2.24, 2.45) is 0 Å². The van der Waals surface area contributed by atoms with Crippen molar-refractivity contribution in [1.82, 2.24) is 4.98 Å². The molecule has 0 aliphatic heterocycles. The van der Waals surface area contributed by atoms with Crippen LogP contribution in [0, 0.1) is 66.8 Å². The van der Waals surface area contributed by atoms with Gasteiger partial charge >= 0.3 is 0 Å². The number of benzene rings is 1. The molecule has 1 heterocycles. The Morgan fingerprint density at radius 2 is 1.61 bits per heavy atom. The monoisotopic (exact) mass is 401 g/mol. The zero-order valence-corrected chi connectivity index (χ0v) is 16.5. The first-order valence-electron chi connectivity index (χ1n) is 8.03. The highest BCUT2D eigenvalue weighted by Crippen LogP contribution is 2.29.